The molecule has 2 atom stereocenters. The fourth-order valence-corrected chi connectivity index (χ4v) is 1.93. The van der Waals surface area contributed by atoms with Crippen LogP contribution in [0.15, 0.2) is 12.4 Å². The average Bonchev–Trinajstić information content (AvgIpc) is 3.15. The highest BCUT2D eigenvalue weighted by Crippen LogP contribution is 2.33. The molecule has 18 heavy (non-hydrogen) atoms. The Balaban J connectivity index is 1.93. The Morgan fingerprint density at radius 2 is 2.28 bits per heavy atom. The summed E-state index contributed by atoms with van der Waals surface area (Å²) in [5.74, 6) is 1.18. The fourth-order valence-electron chi connectivity index (χ4n) is 1.93. The Labute approximate surface area is 107 Å². The summed E-state index contributed by atoms with van der Waals surface area (Å²) in [5.41, 5.74) is 0.387. The lowest BCUT2D eigenvalue weighted by Gasteiger charge is -2.06. The molecule has 1 aliphatic carbocycles. The van der Waals surface area contributed by atoms with Gasteiger partial charge in [0.1, 0.15) is 11.5 Å². The monoisotopic (exact) mass is 248 g/mol. The molecule has 2 rings (SSSR count). The quantitative estimate of drug-likeness (QED) is 0.806. The van der Waals surface area contributed by atoms with Crippen LogP contribution in [0.1, 0.15) is 43.6 Å². The Kier molecular flexibility index (Phi) is 4.12. The highest BCUT2D eigenvalue weighted by atomic mass is 16.2. The van der Waals surface area contributed by atoms with Crippen LogP contribution in [-0.2, 0) is 0 Å². The molecule has 0 radical (unpaired) electrons. The largest absolute Gasteiger partial charge is 0.369 e. The molecular weight excluding hydrogens is 228 g/mol. The van der Waals surface area contributed by atoms with Crippen molar-refractivity contribution in [3.05, 3.63) is 18.1 Å². The van der Waals surface area contributed by atoms with Crippen LogP contribution in [0.5, 0.6) is 0 Å². The number of carbonyl (C=O) groups is 1. The first-order chi connectivity index (χ1) is 8.74. The predicted molar refractivity (Wildman–Crippen MR) is 70.5 cm³/mol. The van der Waals surface area contributed by atoms with Gasteiger partial charge in [-0.1, -0.05) is 20.3 Å². The van der Waals surface area contributed by atoms with E-state index in [1.807, 2.05) is 0 Å². The van der Waals surface area contributed by atoms with Gasteiger partial charge in [-0.3, -0.25) is 9.78 Å². The van der Waals surface area contributed by atoms with Gasteiger partial charge < -0.3 is 10.6 Å². The average molecular weight is 248 g/mol. The van der Waals surface area contributed by atoms with Gasteiger partial charge >= 0.3 is 0 Å². The topological polar surface area (TPSA) is 66.9 Å². The normalized spacial score (nSPS) is 21.4. The molecule has 1 amide bonds. The molecule has 1 aliphatic rings. The number of nitrogens with one attached hydrogen (secondary N) is 2. The molecule has 1 fully saturated rings. The molecule has 5 nitrogen and oxygen atoms in total. The van der Waals surface area contributed by atoms with Crippen molar-refractivity contribution in [2.75, 3.05) is 11.9 Å². The summed E-state index contributed by atoms with van der Waals surface area (Å²) in [4.78, 5) is 20.2. The number of hydrogen-bond acceptors (Lipinski definition) is 4. The SMILES string of the molecule is CCCNc1cncc(C(=O)NC2CC2CC)n1. The zero-order chi connectivity index (χ0) is 13.0. The van der Waals surface area contributed by atoms with E-state index >= 15 is 0 Å². The van der Waals surface area contributed by atoms with Crippen LogP contribution in [0, 0.1) is 5.92 Å². The summed E-state index contributed by atoms with van der Waals surface area (Å²) in [6.07, 6.45) is 6.37. The van der Waals surface area contributed by atoms with Crippen LogP contribution >= 0.6 is 0 Å². The third kappa shape index (κ3) is 3.18. The van der Waals surface area contributed by atoms with Crippen molar-refractivity contribution >= 4 is 11.7 Å². The minimum atomic E-state index is -0.122. The van der Waals surface area contributed by atoms with E-state index < -0.39 is 0 Å². The van der Waals surface area contributed by atoms with Crippen molar-refractivity contribution < 1.29 is 4.79 Å². The Bertz CT molecular complexity index is 421. The Hall–Kier alpha value is -1.65. The Morgan fingerprint density at radius 3 is 2.94 bits per heavy atom. The molecule has 0 bridgehead atoms. The van der Waals surface area contributed by atoms with Crippen molar-refractivity contribution in [3.63, 3.8) is 0 Å². The molecule has 0 aromatic carbocycles. The standard InChI is InChI=1S/C13H20N4O/c1-3-5-15-12-8-14-7-11(16-12)13(18)17-10-6-9(10)4-2/h7-10H,3-6H2,1-2H3,(H,15,16)(H,17,18). The van der Waals surface area contributed by atoms with Crippen LogP contribution in [-0.4, -0.2) is 28.5 Å². The fraction of sp³-hybridized carbons (Fsp3) is 0.615. The minimum Gasteiger partial charge on any atom is -0.369 e. The number of hydrogen-bond donors (Lipinski definition) is 2. The van der Waals surface area contributed by atoms with E-state index in [-0.39, 0.29) is 5.91 Å². The maximum absolute atomic E-state index is 11.9. The third-order valence-electron chi connectivity index (χ3n) is 3.19. The first kappa shape index (κ1) is 12.8. The van der Waals surface area contributed by atoms with Crippen LogP contribution < -0.4 is 10.6 Å². The maximum Gasteiger partial charge on any atom is 0.271 e. The zero-order valence-electron chi connectivity index (χ0n) is 10.9. The summed E-state index contributed by atoms with van der Waals surface area (Å²) in [6, 6.07) is 0.330. The number of nitrogens with zero attached hydrogens (tertiary/aromatic N) is 2. The molecule has 0 saturated heterocycles. The second-order valence-corrected chi connectivity index (χ2v) is 4.70. The maximum atomic E-state index is 11.9. The molecular formula is C13H20N4O. The predicted octanol–water partition coefficient (Wildman–Crippen LogP) is 1.83. The van der Waals surface area contributed by atoms with Gasteiger partial charge in [-0.05, 0) is 18.8 Å². The smallest absolute Gasteiger partial charge is 0.271 e. The summed E-state index contributed by atoms with van der Waals surface area (Å²) >= 11 is 0. The third-order valence-corrected chi connectivity index (χ3v) is 3.19. The summed E-state index contributed by atoms with van der Waals surface area (Å²) in [6.45, 7) is 5.06. The van der Waals surface area contributed by atoms with Gasteiger partial charge in [-0.25, -0.2) is 4.98 Å². The van der Waals surface area contributed by atoms with Crippen molar-refractivity contribution in [2.45, 2.75) is 39.2 Å². The molecule has 98 valence electrons. The highest BCUT2D eigenvalue weighted by Gasteiger charge is 2.36. The van der Waals surface area contributed by atoms with Gasteiger partial charge in [0, 0.05) is 12.6 Å². The molecule has 1 heterocycles. The highest BCUT2D eigenvalue weighted by molar-refractivity contribution is 5.92. The number of carbonyl (C=O) groups excluding carboxylic acids is 1. The van der Waals surface area contributed by atoms with Crippen molar-refractivity contribution in [1.82, 2.24) is 15.3 Å². The van der Waals surface area contributed by atoms with Gasteiger partial charge in [0.05, 0.1) is 12.4 Å². The molecule has 1 aromatic heterocycles. The lowest BCUT2D eigenvalue weighted by molar-refractivity contribution is 0.0943. The van der Waals surface area contributed by atoms with E-state index in [1.54, 1.807) is 6.20 Å². The van der Waals surface area contributed by atoms with E-state index in [9.17, 15) is 4.79 Å². The summed E-state index contributed by atoms with van der Waals surface area (Å²) in [5, 5.41) is 6.11. The number of aromatic nitrogens is 2. The van der Waals surface area contributed by atoms with E-state index in [4.69, 9.17) is 0 Å². The van der Waals surface area contributed by atoms with Crippen molar-refractivity contribution in [2.24, 2.45) is 5.92 Å². The summed E-state index contributed by atoms with van der Waals surface area (Å²) < 4.78 is 0. The minimum absolute atomic E-state index is 0.122. The van der Waals surface area contributed by atoms with E-state index in [0.29, 0.717) is 23.5 Å². The molecule has 0 spiro atoms. The van der Waals surface area contributed by atoms with Crippen molar-refractivity contribution in [1.29, 1.82) is 0 Å². The van der Waals surface area contributed by atoms with E-state index in [2.05, 4.69) is 34.4 Å². The molecule has 0 aliphatic heterocycles. The number of anilines is 1. The number of rotatable bonds is 6. The second-order valence-electron chi connectivity index (χ2n) is 4.70. The Morgan fingerprint density at radius 1 is 1.44 bits per heavy atom. The lowest BCUT2D eigenvalue weighted by atomic mass is 10.3. The van der Waals surface area contributed by atoms with Crippen LogP contribution in [0.25, 0.3) is 0 Å². The molecule has 1 aromatic rings. The first-order valence-corrected chi connectivity index (χ1v) is 6.61. The number of amides is 1. The van der Waals surface area contributed by atoms with E-state index in [1.165, 1.54) is 6.20 Å². The van der Waals surface area contributed by atoms with E-state index in [0.717, 1.165) is 25.8 Å². The van der Waals surface area contributed by atoms with Gasteiger partial charge in [-0.15, -0.1) is 0 Å². The van der Waals surface area contributed by atoms with Gasteiger partial charge in [0.25, 0.3) is 5.91 Å². The first-order valence-electron chi connectivity index (χ1n) is 6.61. The zero-order valence-corrected chi connectivity index (χ0v) is 10.9. The lowest BCUT2D eigenvalue weighted by Crippen LogP contribution is -2.28. The second kappa shape index (κ2) is 5.80. The molecule has 2 unspecified atom stereocenters. The molecule has 1 saturated carbocycles. The van der Waals surface area contributed by atoms with Crippen molar-refractivity contribution in [3.8, 4) is 0 Å². The van der Waals surface area contributed by atoms with Crippen LogP contribution in [0.4, 0.5) is 5.82 Å². The molecule has 2 N–H and O–H groups in total. The summed E-state index contributed by atoms with van der Waals surface area (Å²) in [7, 11) is 0. The van der Waals surface area contributed by atoms with Crippen LogP contribution in [0.2, 0.25) is 0 Å². The molecule has 5 heteroatoms. The van der Waals surface area contributed by atoms with Crippen LogP contribution in [0.3, 0.4) is 0 Å². The van der Waals surface area contributed by atoms with Gasteiger partial charge in [0.15, 0.2) is 0 Å². The van der Waals surface area contributed by atoms with Gasteiger partial charge in [0.2, 0.25) is 0 Å². The van der Waals surface area contributed by atoms with Gasteiger partial charge in [-0.2, -0.15) is 0 Å².